The number of sulfone groups is 1. The van der Waals surface area contributed by atoms with Crippen LogP contribution in [0.5, 0.6) is 0 Å². The Bertz CT molecular complexity index is 585. The Labute approximate surface area is 126 Å². The maximum atomic E-state index is 12.3. The van der Waals surface area contributed by atoms with E-state index < -0.39 is 15.7 Å². The van der Waals surface area contributed by atoms with Crippen LogP contribution in [0.4, 0.5) is 0 Å². The maximum absolute atomic E-state index is 12.3. The van der Waals surface area contributed by atoms with Gasteiger partial charge in [0.2, 0.25) is 5.91 Å². The van der Waals surface area contributed by atoms with Gasteiger partial charge in [-0.25, -0.2) is 8.42 Å². The molecule has 1 aromatic carbocycles. The SMILES string of the molecule is CC(C)N(CCS(=O)(=O)c1cccc(CN)c1)CC(N)=O. The average molecular weight is 313 g/mol. The molecule has 6 nitrogen and oxygen atoms in total. The monoisotopic (exact) mass is 313 g/mol. The zero-order valence-electron chi connectivity index (χ0n) is 12.5. The van der Waals surface area contributed by atoms with Crippen molar-refractivity contribution in [3.8, 4) is 0 Å². The van der Waals surface area contributed by atoms with Crippen molar-refractivity contribution in [3.05, 3.63) is 29.8 Å². The molecule has 118 valence electrons. The Balaban J connectivity index is 2.81. The van der Waals surface area contributed by atoms with E-state index in [-0.39, 0.29) is 29.8 Å². The highest BCUT2D eigenvalue weighted by Gasteiger charge is 2.19. The topological polar surface area (TPSA) is 106 Å². The lowest BCUT2D eigenvalue weighted by Gasteiger charge is -2.24. The fourth-order valence-corrected chi connectivity index (χ4v) is 3.27. The highest BCUT2D eigenvalue weighted by atomic mass is 32.2. The molecule has 1 aromatic rings. The van der Waals surface area contributed by atoms with E-state index in [1.807, 2.05) is 13.8 Å². The van der Waals surface area contributed by atoms with Gasteiger partial charge in [-0.3, -0.25) is 9.69 Å². The molecule has 0 spiro atoms. The van der Waals surface area contributed by atoms with Gasteiger partial charge in [0.05, 0.1) is 17.2 Å². The number of nitrogens with zero attached hydrogens (tertiary/aromatic N) is 1. The molecule has 0 aliphatic carbocycles. The van der Waals surface area contributed by atoms with Gasteiger partial charge >= 0.3 is 0 Å². The van der Waals surface area contributed by atoms with Gasteiger partial charge in [0.25, 0.3) is 0 Å². The molecule has 0 bridgehead atoms. The molecule has 0 saturated heterocycles. The zero-order valence-corrected chi connectivity index (χ0v) is 13.3. The van der Waals surface area contributed by atoms with Crippen molar-refractivity contribution in [3.63, 3.8) is 0 Å². The van der Waals surface area contributed by atoms with Crippen molar-refractivity contribution in [1.29, 1.82) is 0 Å². The number of nitrogens with two attached hydrogens (primary N) is 2. The standard InChI is InChI=1S/C14H23N3O3S/c1-11(2)17(10-14(16)18)6-7-21(19,20)13-5-3-4-12(8-13)9-15/h3-5,8,11H,6-7,9-10,15H2,1-2H3,(H2,16,18). The minimum Gasteiger partial charge on any atom is -0.369 e. The van der Waals surface area contributed by atoms with Gasteiger partial charge in [0, 0.05) is 19.1 Å². The normalized spacial score (nSPS) is 12.0. The third kappa shape index (κ3) is 5.45. The van der Waals surface area contributed by atoms with Crippen molar-refractivity contribution >= 4 is 15.7 Å². The van der Waals surface area contributed by atoms with Crippen LogP contribution in [0.3, 0.4) is 0 Å². The lowest BCUT2D eigenvalue weighted by atomic mass is 10.2. The number of amides is 1. The fraction of sp³-hybridized carbons (Fsp3) is 0.500. The summed E-state index contributed by atoms with van der Waals surface area (Å²) < 4.78 is 24.7. The summed E-state index contributed by atoms with van der Waals surface area (Å²) >= 11 is 0. The van der Waals surface area contributed by atoms with E-state index in [1.165, 1.54) is 0 Å². The Morgan fingerprint density at radius 2 is 2.00 bits per heavy atom. The summed E-state index contributed by atoms with van der Waals surface area (Å²) in [6.45, 7) is 4.39. The molecule has 0 fully saturated rings. The molecule has 1 rings (SSSR count). The first-order valence-corrected chi connectivity index (χ1v) is 8.45. The Morgan fingerprint density at radius 1 is 1.33 bits per heavy atom. The summed E-state index contributed by atoms with van der Waals surface area (Å²) in [7, 11) is -3.41. The summed E-state index contributed by atoms with van der Waals surface area (Å²) in [4.78, 5) is 13.0. The van der Waals surface area contributed by atoms with Crippen LogP contribution in [0.25, 0.3) is 0 Å². The highest BCUT2D eigenvalue weighted by Crippen LogP contribution is 2.14. The van der Waals surface area contributed by atoms with Gasteiger partial charge in [0.15, 0.2) is 9.84 Å². The van der Waals surface area contributed by atoms with E-state index in [4.69, 9.17) is 11.5 Å². The van der Waals surface area contributed by atoms with E-state index in [2.05, 4.69) is 0 Å². The molecule has 1 amide bonds. The number of hydrogen-bond donors (Lipinski definition) is 2. The summed E-state index contributed by atoms with van der Waals surface area (Å²) in [5.41, 5.74) is 11.5. The largest absolute Gasteiger partial charge is 0.369 e. The third-order valence-electron chi connectivity index (χ3n) is 3.23. The van der Waals surface area contributed by atoms with Crippen LogP contribution in [-0.4, -0.2) is 44.1 Å². The molecule has 0 aliphatic heterocycles. The second-order valence-electron chi connectivity index (χ2n) is 5.20. The van der Waals surface area contributed by atoms with Crippen molar-refractivity contribution in [2.24, 2.45) is 11.5 Å². The lowest BCUT2D eigenvalue weighted by Crippen LogP contribution is -2.41. The highest BCUT2D eigenvalue weighted by molar-refractivity contribution is 7.91. The van der Waals surface area contributed by atoms with Crippen LogP contribution in [0.1, 0.15) is 19.4 Å². The molecule has 0 heterocycles. The number of benzene rings is 1. The number of primary amides is 1. The predicted molar refractivity (Wildman–Crippen MR) is 82.3 cm³/mol. The third-order valence-corrected chi connectivity index (χ3v) is 4.92. The first kappa shape index (κ1) is 17.6. The van der Waals surface area contributed by atoms with Crippen molar-refractivity contribution in [2.75, 3.05) is 18.8 Å². The molecule has 0 saturated carbocycles. The number of hydrogen-bond acceptors (Lipinski definition) is 5. The minimum absolute atomic E-state index is 0.0445. The average Bonchev–Trinajstić information content (AvgIpc) is 2.43. The van der Waals surface area contributed by atoms with Crippen LogP contribution >= 0.6 is 0 Å². The summed E-state index contributed by atoms with van der Waals surface area (Å²) in [6, 6.07) is 6.65. The smallest absolute Gasteiger partial charge is 0.231 e. The van der Waals surface area contributed by atoms with E-state index >= 15 is 0 Å². The Morgan fingerprint density at radius 3 is 2.52 bits per heavy atom. The van der Waals surface area contributed by atoms with Gasteiger partial charge in [-0.1, -0.05) is 12.1 Å². The second kappa shape index (κ2) is 7.53. The lowest BCUT2D eigenvalue weighted by molar-refractivity contribution is -0.119. The van der Waals surface area contributed by atoms with Crippen molar-refractivity contribution < 1.29 is 13.2 Å². The number of rotatable bonds is 8. The molecule has 0 aliphatic rings. The van der Waals surface area contributed by atoms with Crippen molar-refractivity contribution in [1.82, 2.24) is 4.90 Å². The van der Waals surface area contributed by atoms with Gasteiger partial charge in [0.1, 0.15) is 0 Å². The van der Waals surface area contributed by atoms with Crippen LogP contribution in [0, 0.1) is 0 Å². The van der Waals surface area contributed by atoms with Gasteiger partial charge in [-0.15, -0.1) is 0 Å². The Hall–Kier alpha value is -1.44. The molecule has 0 radical (unpaired) electrons. The minimum atomic E-state index is -3.41. The maximum Gasteiger partial charge on any atom is 0.231 e. The molecule has 0 unspecified atom stereocenters. The van der Waals surface area contributed by atoms with Gasteiger partial charge < -0.3 is 11.5 Å². The second-order valence-corrected chi connectivity index (χ2v) is 7.31. The zero-order chi connectivity index (χ0) is 16.0. The van der Waals surface area contributed by atoms with E-state index in [0.29, 0.717) is 6.54 Å². The number of carbonyl (C=O) groups is 1. The van der Waals surface area contributed by atoms with Gasteiger partial charge in [-0.2, -0.15) is 0 Å². The molecule has 0 aromatic heterocycles. The van der Waals surface area contributed by atoms with E-state index in [0.717, 1.165) is 5.56 Å². The van der Waals surface area contributed by atoms with Gasteiger partial charge in [-0.05, 0) is 31.5 Å². The molecular formula is C14H23N3O3S. The van der Waals surface area contributed by atoms with Crippen LogP contribution in [0.2, 0.25) is 0 Å². The van der Waals surface area contributed by atoms with Crippen molar-refractivity contribution in [2.45, 2.75) is 31.3 Å². The molecule has 21 heavy (non-hydrogen) atoms. The first-order chi connectivity index (χ1) is 9.76. The predicted octanol–water partition coefficient (Wildman–Crippen LogP) is 0.115. The first-order valence-electron chi connectivity index (χ1n) is 6.80. The summed E-state index contributed by atoms with van der Waals surface area (Å²) in [5, 5.41) is 0. The number of carbonyl (C=O) groups excluding carboxylic acids is 1. The van der Waals surface area contributed by atoms with Crippen LogP contribution in [-0.2, 0) is 21.2 Å². The van der Waals surface area contributed by atoms with Crippen LogP contribution < -0.4 is 11.5 Å². The quantitative estimate of drug-likeness (QED) is 0.708. The molecular weight excluding hydrogens is 290 g/mol. The summed E-state index contributed by atoms with van der Waals surface area (Å²) in [5.74, 6) is -0.529. The van der Waals surface area contributed by atoms with Crippen LogP contribution in [0.15, 0.2) is 29.2 Å². The molecule has 4 N–H and O–H groups in total. The van der Waals surface area contributed by atoms with E-state index in [9.17, 15) is 13.2 Å². The molecule has 7 heteroatoms. The van der Waals surface area contributed by atoms with E-state index in [1.54, 1.807) is 29.2 Å². The fourth-order valence-electron chi connectivity index (χ4n) is 1.94. The molecule has 0 atom stereocenters. The summed E-state index contributed by atoms with van der Waals surface area (Å²) in [6.07, 6.45) is 0. The Kier molecular flexibility index (Phi) is 6.32.